The minimum atomic E-state index is -3.36. The van der Waals surface area contributed by atoms with Crippen LogP contribution in [0.4, 0.5) is 22.1 Å². The highest BCUT2D eigenvalue weighted by atomic mass is 32.2. The second-order valence-electron chi connectivity index (χ2n) is 10.4. The summed E-state index contributed by atoms with van der Waals surface area (Å²) >= 11 is 0. The predicted molar refractivity (Wildman–Crippen MR) is 174 cm³/mol. The number of nitrogens with zero attached hydrogens (tertiary/aromatic N) is 4. The van der Waals surface area contributed by atoms with Crippen molar-refractivity contribution in [2.24, 2.45) is 0 Å². The SMILES string of the molecule is CCCCc1cc(NC(=O)Nc2ccc(Oc3cc(NC(=O)COC)ncn3)c3ccccc23)n(-c2ccc(S(C)(=O)=O)cc2)n1. The van der Waals surface area contributed by atoms with Crippen molar-refractivity contribution in [3.8, 4) is 17.3 Å². The third-order valence-electron chi connectivity index (χ3n) is 6.83. The number of aryl methyl sites for hydroxylation is 1. The Kier molecular flexibility index (Phi) is 9.88. The smallest absolute Gasteiger partial charge is 0.324 e. The van der Waals surface area contributed by atoms with Gasteiger partial charge >= 0.3 is 6.03 Å². The monoisotopic (exact) mass is 643 g/mol. The van der Waals surface area contributed by atoms with Crippen LogP contribution in [0.2, 0.25) is 0 Å². The standard InChI is InChI=1S/C32H33N7O6S/c1-4-5-8-21-17-29(39(38-21)22-11-13-23(14-12-22)46(3,42)43)37-32(41)35-26-15-16-27(25-10-7-6-9-24(25)26)45-31-18-28(33-20-34-31)36-30(40)19-44-2/h6-7,9-18,20H,4-5,8,19H2,1-3H3,(H2,35,37,41)(H,33,34,36,40). The first-order valence-corrected chi connectivity index (χ1v) is 16.3. The number of carbonyl (C=O) groups excluding carboxylic acids is 2. The number of benzene rings is 3. The Balaban J connectivity index is 1.37. The Hall–Kier alpha value is -5.34. The average Bonchev–Trinajstić information content (AvgIpc) is 3.43. The van der Waals surface area contributed by atoms with E-state index in [0.717, 1.165) is 31.2 Å². The van der Waals surface area contributed by atoms with Crippen molar-refractivity contribution in [2.45, 2.75) is 31.1 Å². The summed E-state index contributed by atoms with van der Waals surface area (Å²) in [6.07, 6.45) is 5.06. The van der Waals surface area contributed by atoms with Crippen LogP contribution in [0.3, 0.4) is 0 Å². The van der Waals surface area contributed by atoms with Crippen molar-refractivity contribution < 1.29 is 27.5 Å². The zero-order valence-corrected chi connectivity index (χ0v) is 26.3. The largest absolute Gasteiger partial charge is 0.438 e. The lowest BCUT2D eigenvalue weighted by Crippen LogP contribution is -2.21. The average molecular weight is 644 g/mol. The van der Waals surface area contributed by atoms with E-state index in [-0.39, 0.29) is 29.1 Å². The van der Waals surface area contributed by atoms with Gasteiger partial charge in [-0.2, -0.15) is 5.10 Å². The number of amides is 3. The molecule has 0 aliphatic rings. The van der Waals surface area contributed by atoms with Gasteiger partial charge in [-0.25, -0.2) is 27.9 Å². The highest BCUT2D eigenvalue weighted by Crippen LogP contribution is 2.34. The van der Waals surface area contributed by atoms with Gasteiger partial charge in [0.25, 0.3) is 5.91 Å². The Labute approximate surface area is 265 Å². The summed E-state index contributed by atoms with van der Waals surface area (Å²) in [6.45, 7) is 1.97. The summed E-state index contributed by atoms with van der Waals surface area (Å²) in [4.78, 5) is 33.6. The number of unbranched alkanes of at least 4 members (excludes halogenated alkanes) is 1. The second kappa shape index (κ2) is 14.2. The summed E-state index contributed by atoms with van der Waals surface area (Å²) in [5.74, 6) is 1.01. The molecular formula is C32H33N7O6S. The number of anilines is 3. The number of nitrogens with one attached hydrogen (secondary N) is 3. The fourth-order valence-electron chi connectivity index (χ4n) is 4.66. The molecule has 0 radical (unpaired) electrons. The molecule has 3 aromatic carbocycles. The maximum atomic E-state index is 13.3. The Morgan fingerprint density at radius 1 is 0.913 bits per heavy atom. The van der Waals surface area contributed by atoms with Crippen LogP contribution in [0.25, 0.3) is 16.5 Å². The first-order chi connectivity index (χ1) is 22.1. The summed E-state index contributed by atoms with van der Waals surface area (Å²) in [6, 6.07) is 19.9. The van der Waals surface area contributed by atoms with Crippen molar-refractivity contribution in [2.75, 3.05) is 35.9 Å². The van der Waals surface area contributed by atoms with Gasteiger partial charge in [0.05, 0.1) is 22.0 Å². The Morgan fingerprint density at radius 3 is 2.39 bits per heavy atom. The van der Waals surface area contributed by atoms with Gasteiger partial charge < -0.3 is 20.1 Å². The van der Waals surface area contributed by atoms with E-state index in [1.54, 1.807) is 28.9 Å². The van der Waals surface area contributed by atoms with Crippen molar-refractivity contribution in [3.05, 3.63) is 84.8 Å². The fraction of sp³-hybridized carbons (Fsp3) is 0.219. The normalized spacial score (nSPS) is 11.3. The molecule has 13 nitrogen and oxygen atoms in total. The molecule has 0 aliphatic heterocycles. The molecule has 46 heavy (non-hydrogen) atoms. The highest BCUT2D eigenvalue weighted by molar-refractivity contribution is 7.90. The molecule has 0 unspecified atom stereocenters. The number of sulfone groups is 1. The summed E-state index contributed by atoms with van der Waals surface area (Å²) in [7, 11) is -1.94. The number of hydrogen-bond donors (Lipinski definition) is 3. The lowest BCUT2D eigenvalue weighted by atomic mass is 10.1. The van der Waals surface area contributed by atoms with E-state index in [4.69, 9.17) is 9.47 Å². The number of hydrogen-bond acceptors (Lipinski definition) is 9. The Bertz CT molecular complexity index is 1980. The van der Waals surface area contributed by atoms with Crippen molar-refractivity contribution in [3.63, 3.8) is 0 Å². The highest BCUT2D eigenvalue weighted by Gasteiger charge is 2.16. The molecule has 14 heteroatoms. The fourth-order valence-corrected chi connectivity index (χ4v) is 5.29. The predicted octanol–water partition coefficient (Wildman–Crippen LogP) is 5.58. The zero-order chi connectivity index (χ0) is 32.7. The molecule has 0 spiro atoms. The van der Waals surface area contributed by atoms with Gasteiger partial charge in [0, 0.05) is 36.3 Å². The molecule has 0 bridgehead atoms. The van der Waals surface area contributed by atoms with Gasteiger partial charge in [-0.1, -0.05) is 37.6 Å². The third kappa shape index (κ3) is 7.83. The van der Waals surface area contributed by atoms with Crippen LogP contribution in [0.5, 0.6) is 11.6 Å². The quantitative estimate of drug-likeness (QED) is 0.157. The number of methoxy groups -OCH3 is 1. The van der Waals surface area contributed by atoms with Crippen LogP contribution in [0.15, 0.2) is 84.0 Å². The molecular weight excluding hydrogens is 610 g/mol. The lowest BCUT2D eigenvalue weighted by Gasteiger charge is -2.14. The van der Waals surface area contributed by atoms with E-state index in [1.165, 1.54) is 31.6 Å². The minimum absolute atomic E-state index is 0.117. The van der Waals surface area contributed by atoms with E-state index >= 15 is 0 Å². The minimum Gasteiger partial charge on any atom is -0.438 e. The molecule has 5 rings (SSSR count). The molecule has 3 amide bonds. The van der Waals surface area contributed by atoms with Gasteiger partial charge in [-0.05, 0) is 49.2 Å². The Morgan fingerprint density at radius 2 is 1.67 bits per heavy atom. The number of aromatic nitrogens is 4. The molecule has 2 heterocycles. The number of carbonyl (C=O) groups is 2. The van der Waals surface area contributed by atoms with E-state index < -0.39 is 15.9 Å². The number of urea groups is 1. The first kappa shape index (κ1) is 32.1. The van der Waals surface area contributed by atoms with Gasteiger partial charge in [-0.15, -0.1) is 0 Å². The molecule has 3 N–H and O–H groups in total. The number of ether oxygens (including phenoxy) is 2. The second-order valence-corrected chi connectivity index (χ2v) is 12.4. The van der Waals surface area contributed by atoms with Crippen LogP contribution in [-0.4, -0.2) is 60.1 Å². The molecule has 0 saturated heterocycles. The van der Waals surface area contributed by atoms with Crippen LogP contribution < -0.4 is 20.7 Å². The number of rotatable bonds is 12. The van der Waals surface area contributed by atoms with E-state index in [9.17, 15) is 18.0 Å². The first-order valence-electron chi connectivity index (χ1n) is 14.4. The van der Waals surface area contributed by atoms with Crippen LogP contribution in [0.1, 0.15) is 25.5 Å². The molecule has 238 valence electrons. The van der Waals surface area contributed by atoms with Crippen molar-refractivity contribution in [1.29, 1.82) is 0 Å². The van der Waals surface area contributed by atoms with Crippen molar-refractivity contribution >= 4 is 49.9 Å². The molecule has 2 aromatic heterocycles. The summed E-state index contributed by atoms with van der Waals surface area (Å²) in [5.41, 5.74) is 1.93. The lowest BCUT2D eigenvalue weighted by molar-refractivity contribution is -0.119. The van der Waals surface area contributed by atoms with E-state index in [2.05, 4.69) is 37.9 Å². The van der Waals surface area contributed by atoms with Gasteiger partial charge in [-0.3, -0.25) is 10.1 Å². The molecule has 0 fully saturated rings. The van der Waals surface area contributed by atoms with Gasteiger partial charge in [0.2, 0.25) is 5.88 Å². The van der Waals surface area contributed by atoms with E-state index in [1.807, 2.05) is 30.3 Å². The van der Waals surface area contributed by atoms with Gasteiger partial charge in [0.15, 0.2) is 9.84 Å². The zero-order valence-electron chi connectivity index (χ0n) is 25.5. The maximum absolute atomic E-state index is 13.3. The summed E-state index contributed by atoms with van der Waals surface area (Å²) in [5, 5.41) is 14.5. The van der Waals surface area contributed by atoms with Crippen molar-refractivity contribution in [1.82, 2.24) is 19.7 Å². The third-order valence-corrected chi connectivity index (χ3v) is 7.96. The van der Waals surface area contributed by atoms with Crippen LogP contribution in [-0.2, 0) is 25.8 Å². The topological polar surface area (TPSA) is 166 Å². The summed E-state index contributed by atoms with van der Waals surface area (Å²) < 4.78 is 36.4. The maximum Gasteiger partial charge on any atom is 0.324 e. The van der Waals surface area contributed by atoms with Gasteiger partial charge in [0.1, 0.15) is 30.3 Å². The van der Waals surface area contributed by atoms with Crippen LogP contribution in [0, 0.1) is 0 Å². The molecule has 5 aromatic rings. The molecule has 0 saturated carbocycles. The number of fused-ring (bicyclic) bond motifs is 1. The molecule has 0 aliphatic carbocycles. The molecule has 0 atom stereocenters. The van der Waals surface area contributed by atoms with E-state index in [0.29, 0.717) is 33.7 Å². The van der Waals surface area contributed by atoms with Crippen LogP contribution >= 0.6 is 0 Å².